The molecule has 0 aliphatic carbocycles. The van der Waals surface area contributed by atoms with Crippen LogP contribution in [0.25, 0.3) is 43.6 Å². The smallest absolute Gasteiger partial charge is 0.150 e. The van der Waals surface area contributed by atoms with E-state index in [0.29, 0.717) is 6.54 Å². The maximum atomic E-state index is 4.94. The molecule has 0 bridgehead atoms. The molecular weight excluding hydrogens is 538 g/mol. The van der Waals surface area contributed by atoms with E-state index in [-0.39, 0.29) is 0 Å². The van der Waals surface area contributed by atoms with Gasteiger partial charge in [0.05, 0.1) is 29.5 Å². The second-order valence-electron chi connectivity index (χ2n) is 11.4. The first-order valence-electron chi connectivity index (χ1n) is 15.4. The van der Waals surface area contributed by atoms with Crippen molar-refractivity contribution in [1.82, 2.24) is 19.1 Å². The number of aromatic nitrogens is 4. The number of fused-ring (bicyclic) bond motifs is 6. The molecule has 0 atom stereocenters. The maximum Gasteiger partial charge on any atom is 0.150 e. The predicted octanol–water partition coefficient (Wildman–Crippen LogP) is 8.99. The average Bonchev–Trinajstić information content (AvgIpc) is 3.57. The van der Waals surface area contributed by atoms with Gasteiger partial charge in [-0.1, -0.05) is 97.1 Å². The first-order chi connectivity index (χ1) is 21.8. The zero-order valence-corrected chi connectivity index (χ0v) is 24.5. The van der Waals surface area contributed by atoms with Gasteiger partial charge in [-0.2, -0.15) is 0 Å². The molecule has 0 spiro atoms. The first kappa shape index (κ1) is 26.2. The molecule has 4 aromatic carbocycles. The number of benzene rings is 4. The molecule has 5 nitrogen and oxygen atoms in total. The number of rotatable bonds is 9. The second-order valence-corrected chi connectivity index (χ2v) is 11.4. The van der Waals surface area contributed by atoms with Gasteiger partial charge in [0, 0.05) is 51.9 Å². The molecule has 0 saturated carbocycles. The van der Waals surface area contributed by atoms with E-state index >= 15 is 0 Å². The van der Waals surface area contributed by atoms with Gasteiger partial charge in [-0.3, -0.25) is 4.98 Å². The van der Waals surface area contributed by atoms with E-state index in [2.05, 4.69) is 142 Å². The minimum absolute atomic E-state index is 0.586. The summed E-state index contributed by atoms with van der Waals surface area (Å²) in [4.78, 5) is 9.77. The average molecular weight is 572 g/mol. The van der Waals surface area contributed by atoms with Gasteiger partial charge < -0.3 is 14.5 Å². The molecule has 4 heterocycles. The second kappa shape index (κ2) is 11.3. The zero-order valence-electron chi connectivity index (χ0n) is 24.5. The number of anilines is 1. The summed E-state index contributed by atoms with van der Waals surface area (Å²) in [7, 11) is 0. The Morgan fingerprint density at radius 3 is 2.00 bits per heavy atom. The van der Waals surface area contributed by atoms with E-state index in [1.807, 2.05) is 6.20 Å². The van der Waals surface area contributed by atoms with E-state index in [4.69, 9.17) is 9.97 Å². The number of hydrogen-bond donors (Lipinski definition) is 1. The van der Waals surface area contributed by atoms with Crippen molar-refractivity contribution in [3.8, 4) is 0 Å². The van der Waals surface area contributed by atoms with Crippen molar-refractivity contribution in [2.75, 3.05) is 5.32 Å². The van der Waals surface area contributed by atoms with Crippen LogP contribution < -0.4 is 5.32 Å². The molecule has 8 rings (SSSR count). The third-order valence-corrected chi connectivity index (χ3v) is 8.71. The highest BCUT2D eigenvalue weighted by Gasteiger charge is 2.16. The van der Waals surface area contributed by atoms with Crippen molar-refractivity contribution in [2.45, 2.75) is 32.5 Å². The Kier molecular flexibility index (Phi) is 6.76. The van der Waals surface area contributed by atoms with Gasteiger partial charge in [0.1, 0.15) is 0 Å². The van der Waals surface area contributed by atoms with Crippen LogP contribution in [-0.4, -0.2) is 19.1 Å². The fourth-order valence-electron chi connectivity index (χ4n) is 6.65. The van der Waals surface area contributed by atoms with Crippen molar-refractivity contribution < 1.29 is 0 Å². The number of hydrogen-bond acceptors (Lipinski definition) is 3. The fourth-order valence-corrected chi connectivity index (χ4v) is 6.65. The van der Waals surface area contributed by atoms with Crippen molar-refractivity contribution in [1.29, 1.82) is 0 Å². The monoisotopic (exact) mass is 571 g/mol. The topological polar surface area (TPSA) is 47.7 Å². The lowest BCUT2D eigenvalue weighted by molar-refractivity contribution is 0.677. The summed E-state index contributed by atoms with van der Waals surface area (Å²) >= 11 is 0. The highest BCUT2D eigenvalue weighted by atomic mass is 15.1. The van der Waals surface area contributed by atoms with E-state index in [0.717, 1.165) is 43.0 Å². The number of nitrogens with one attached hydrogen (secondary N) is 1. The lowest BCUT2D eigenvalue weighted by atomic mass is 10.1. The van der Waals surface area contributed by atoms with E-state index < -0.39 is 0 Å². The molecule has 0 unspecified atom stereocenters. The molecule has 0 amide bonds. The summed E-state index contributed by atoms with van der Waals surface area (Å²) in [6.45, 7) is 2.32. The van der Waals surface area contributed by atoms with Gasteiger partial charge in [0.25, 0.3) is 0 Å². The van der Waals surface area contributed by atoms with Crippen LogP contribution in [0.15, 0.2) is 134 Å². The maximum absolute atomic E-state index is 4.94. The van der Waals surface area contributed by atoms with E-state index in [1.165, 1.54) is 49.2 Å². The van der Waals surface area contributed by atoms with Gasteiger partial charge in [0.15, 0.2) is 5.82 Å². The van der Waals surface area contributed by atoms with Crippen LogP contribution >= 0.6 is 0 Å². The Bertz CT molecular complexity index is 2230. The fraction of sp³-hybridized carbons (Fsp3) is 0.128. The summed E-state index contributed by atoms with van der Waals surface area (Å²) in [5.74, 6) is 0.875. The molecule has 5 heteroatoms. The summed E-state index contributed by atoms with van der Waals surface area (Å²) in [5.41, 5.74) is 8.42. The molecule has 0 fully saturated rings. The van der Waals surface area contributed by atoms with E-state index in [9.17, 15) is 0 Å². The van der Waals surface area contributed by atoms with Crippen LogP contribution in [-0.2, 0) is 26.1 Å². The SMILES string of the molecule is c1ccc(CCCn2c3ccccc3c3cc(CNc4nccc5c6ccccc6n(Cc6ccccc6)c45)ncc32)cc1. The van der Waals surface area contributed by atoms with Gasteiger partial charge >= 0.3 is 0 Å². The Morgan fingerprint density at radius 1 is 0.568 bits per heavy atom. The molecular formula is C39H33N5. The predicted molar refractivity (Wildman–Crippen MR) is 182 cm³/mol. The van der Waals surface area contributed by atoms with Crippen molar-refractivity contribution >= 4 is 49.4 Å². The third-order valence-electron chi connectivity index (χ3n) is 8.71. The van der Waals surface area contributed by atoms with Gasteiger partial charge in [-0.25, -0.2) is 4.98 Å². The summed E-state index contributed by atoms with van der Waals surface area (Å²) in [6.07, 6.45) is 6.09. The zero-order chi connectivity index (χ0) is 29.3. The Hall–Kier alpha value is -5.42. The standard InChI is InChI=1S/C39H33N5/c1-3-12-28(13-4-1)16-11-23-43-35-19-9-8-18-32(35)34-24-30(41-26-37(34)43)25-42-39-38-33(21-22-40-39)31-17-7-10-20-36(31)44(38)27-29-14-5-2-6-15-29/h1-10,12-15,17-22,24,26H,11,16,23,25,27H2,(H,40,42). The van der Waals surface area contributed by atoms with Crippen LogP contribution in [0.4, 0.5) is 5.82 Å². The third kappa shape index (κ3) is 4.77. The van der Waals surface area contributed by atoms with Gasteiger partial charge in [0.2, 0.25) is 0 Å². The number of nitrogens with zero attached hydrogens (tertiary/aromatic N) is 4. The van der Waals surface area contributed by atoms with Gasteiger partial charge in [-0.15, -0.1) is 0 Å². The molecule has 44 heavy (non-hydrogen) atoms. The minimum Gasteiger partial charge on any atom is -0.363 e. The summed E-state index contributed by atoms with van der Waals surface area (Å²) in [6, 6.07) is 43.1. The number of para-hydroxylation sites is 2. The van der Waals surface area contributed by atoms with Crippen LogP contribution in [0.2, 0.25) is 0 Å². The summed E-state index contributed by atoms with van der Waals surface area (Å²) < 4.78 is 4.82. The molecule has 1 N–H and O–H groups in total. The Morgan fingerprint density at radius 2 is 1.23 bits per heavy atom. The van der Waals surface area contributed by atoms with Crippen LogP contribution in [0.5, 0.6) is 0 Å². The van der Waals surface area contributed by atoms with Crippen molar-refractivity contribution in [3.63, 3.8) is 0 Å². The lowest BCUT2D eigenvalue weighted by Gasteiger charge is -2.12. The van der Waals surface area contributed by atoms with Crippen LogP contribution in [0.3, 0.4) is 0 Å². The van der Waals surface area contributed by atoms with Crippen LogP contribution in [0, 0.1) is 0 Å². The Labute approximate surface area is 256 Å². The molecule has 0 saturated heterocycles. The normalized spacial score (nSPS) is 11.6. The van der Waals surface area contributed by atoms with Crippen LogP contribution in [0.1, 0.15) is 23.2 Å². The molecule has 4 aromatic heterocycles. The Balaban J connectivity index is 1.12. The molecule has 0 aliphatic rings. The molecule has 0 aliphatic heterocycles. The number of pyridine rings is 2. The molecule has 214 valence electrons. The lowest BCUT2D eigenvalue weighted by Crippen LogP contribution is -2.07. The first-order valence-corrected chi connectivity index (χ1v) is 15.4. The minimum atomic E-state index is 0.586. The van der Waals surface area contributed by atoms with Gasteiger partial charge in [-0.05, 0) is 48.2 Å². The van der Waals surface area contributed by atoms with Crippen molar-refractivity contribution in [3.05, 3.63) is 151 Å². The summed E-state index contributed by atoms with van der Waals surface area (Å²) in [5, 5.41) is 8.62. The van der Waals surface area contributed by atoms with Crippen molar-refractivity contribution in [2.24, 2.45) is 0 Å². The highest BCUT2D eigenvalue weighted by Crippen LogP contribution is 2.34. The van der Waals surface area contributed by atoms with E-state index in [1.54, 1.807) is 0 Å². The largest absolute Gasteiger partial charge is 0.363 e. The number of aryl methyl sites for hydroxylation is 2. The molecule has 8 aromatic rings. The highest BCUT2D eigenvalue weighted by molar-refractivity contribution is 6.11. The molecule has 0 radical (unpaired) electrons. The quantitative estimate of drug-likeness (QED) is 0.188.